The lowest BCUT2D eigenvalue weighted by Gasteiger charge is -2.43. The topological polar surface area (TPSA) is 120 Å². The number of ether oxygens (including phenoxy) is 2. The fraction of sp³-hybridized carbons (Fsp3) is 0.455. The van der Waals surface area contributed by atoms with E-state index in [1.54, 1.807) is 30.7 Å². The van der Waals surface area contributed by atoms with Gasteiger partial charge in [-0.3, -0.25) is 34.3 Å². The van der Waals surface area contributed by atoms with Gasteiger partial charge >= 0.3 is 0 Å². The van der Waals surface area contributed by atoms with Crippen LogP contribution in [0.25, 0.3) is 21.9 Å². The fourth-order valence-electron chi connectivity index (χ4n) is 9.52. The van der Waals surface area contributed by atoms with Gasteiger partial charge in [-0.25, -0.2) is 0 Å². The number of hydrogen-bond acceptors (Lipinski definition) is 10. The maximum atomic E-state index is 13.2. The molecule has 0 aliphatic carbocycles. The van der Waals surface area contributed by atoms with Crippen molar-refractivity contribution in [3.63, 3.8) is 0 Å². The largest absolute Gasteiger partial charge is 0.496 e. The van der Waals surface area contributed by atoms with E-state index in [9.17, 15) is 19.2 Å². The highest BCUT2D eigenvalue weighted by atomic mass is 16.5. The van der Waals surface area contributed by atoms with Crippen LogP contribution in [-0.2, 0) is 29.7 Å². The minimum absolute atomic E-state index is 0.0100. The number of hydrogen-bond donors (Lipinski definition) is 1. The first-order chi connectivity index (χ1) is 27.7. The number of methoxy groups -OCH3 is 2. The first-order valence-corrected chi connectivity index (χ1v) is 20.3. The number of nitrogens with one attached hydrogen (secondary N) is 1. The molecule has 3 amide bonds. The number of likely N-dealkylation sites (tertiary alicyclic amines) is 1. The molecule has 298 valence electrons. The van der Waals surface area contributed by atoms with E-state index in [0.29, 0.717) is 30.0 Å². The average Bonchev–Trinajstić information content (AvgIpc) is 3.53. The third-order valence-corrected chi connectivity index (χ3v) is 12.9. The molecule has 9 rings (SSSR count). The highest BCUT2D eigenvalue weighted by Gasteiger charge is 2.39. The summed E-state index contributed by atoms with van der Waals surface area (Å²) >= 11 is 0. The van der Waals surface area contributed by atoms with Gasteiger partial charge in [-0.2, -0.15) is 0 Å². The average molecular weight is 774 g/mol. The molecular weight excluding hydrogens is 723 g/mol. The van der Waals surface area contributed by atoms with Gasteiger partial charge in [-0.1, -0.05) is 0 Å². The second-order valence-corrected chi connectivity index (χ2v) is 16.2. The van der Waals surface area contributed by atoms with Gasteiger partial charge in [0, 0.05) is 106 Å². The molecule has 4 aromatic rings. The van der Waals surface area contributed by atoms with Gasteiger partial charge in [0.05, 0.1) is 19.8 Å². The fourth-order valence-corrected chi connectivity index (χ4v) is 9.52. The monoisotopic (exact) mass is 773 g/mol. The Morgan fingerprint density at radius 1 is 0.737 bits per heavy atom. The third-order valence-electron chi connectivity index (χ3n) is 12.9. The Labute approximate surface area is 332 Å². The zero-order valence-electron chi connectivity index (χ0n) is 33.1. The summed E-state index contributed by atoms with van der Waals surface area (Å²) in [5, 5.41) is 4.02. The van der Waals surface area contributed by atoms with Crippen molar-refractivity contribution in [3.05, 3.63) is 81.8 Å². The van der Waals surface area contributed by atoms with E-state index in [2.05, 4.69) is 55.2 Å². The summed E-state index contributed by atoms with van der Waals surface area (Å²) in [5.41, 5.74) is 6.78. The zero-order valence-corrected chi connectivity index (χ0v) is 33.1. The van der Waals surface area contributed by atoms with Gasteiger partial charge in [0.1, 0.15) is 17.5 Å². The van der Waals surface area contributed by atoms with Crippen LogP contribution in [-0.4, -0.2) is 116 Å². The third kappa shape index (κ3) is 6.90. The van der Waals surface area contributed by atoms with Crippen molar-refractivity contribution in [3.8, 4) is 22.6 Å². The van der Waals surface area contributed by atoms with Gasteiger partial charge < -0.3 is 28.7 Å². The summed E-state index contributed by atoms with van der Waals surface area (Å²) in [7, 11) is 5.24. The van der Waals surface area contributed by atoms with E-state index >= 15 is 0 Å². The van der Waals surface area contributed by atoms with E-state index < -0.39 is 6.04 Å². The van der Waals surface area contributed by atoms with Crippen LogP contribution in [0.3, 0.4) is 0 Å². The zero-order chi connectivity index (χ0) is 39.4. The lowest BCUT2D eigenvalue weighted by Crippen LogP contribution is -2.53. The van der Waals surface area contributed by atoms with Crippen LogP contribution in [0.2, 0.25) is 0 Å². The summed E-state index contributed by atoms with van der Waals surface area (Å²) in [4.78, 5) is 62.0. The van der Waals surface area contributed by atoms with Gasteiger partial charge in [0.25, 0.3) is 11.5 Å². The van der Waals surface area contributed by atoms with Crippen LogP contribution in [0, 0.1) is 0 Å². The molecule has 5 aliphatic heterocycles. The number of nitrogens with zero attached hydrogens (tertiary/aromatic N) is 6. The Hall–Kier alpha value is -5.40. The Morgan fingerprint density at radius 2 is 1.42 bits per heavy atom. The first-order valence-electron chi connectivity index (χ1n) is 20.3. The summed E-state index contributed by atoms with van der Waals surface area (Å²) in [6.07, 6.45) is 5.90. The van der Waals surface area contributed by atoms with Crippen molar-refractivity contribution >= 4 is 39.9 Å². The van der Waals surface area contributed by atoms with Crippen molar-refractivity contribution in [2.45, 2.75) is 57.3 Å². The Bertz CT molecular complexity index is 2280. The molecule has 3 aromatic carbocycles. The van der Waals surface area contributed by atoms with E-state index in [1.165, 1.54) is 6.42 Å². The minimum Gasteiger partial charge on any atom is -0.496 e. The van der Waals surface area contributed by atoms with Crippen LogP contribution < -0.4 is 30.1 Å². The molecule has 1 aromatic heterocycles. The Balaban J connectivity index is 0.833. The van der Waals surface area contributed by atoms with Gasteiger partial charge in [-0.05, 0) is 104 Å². The van der Waals surface area contributed by atoms with Crippen LogP contribution in [0.4, 0.5) is 11.4 Å². The molecule has 4 saturated heterocycles. The number of anilines is 2. The normalized spacial score (nSPS) is 20.9. The molecule has 0 spiro atoms. The van der Waals surface area contributed by atoms with Crippen molar-refractivity contribution in [1.29, 1.82) is 0 Å². The van der Waals surface area contributed by atoms with E-state index in [0.717, 1.165) is 122 Å². The molecule has 57 heavy (non-hydrogen) atoms. The lowest BCUT2D eigenvalue weighted by molar-refractivity contribution is -0.136. The molecule has 6 heterocycles. The highest BCUT2D eigenvalue weighted by Crippen LogP contribution is 2.40. The van der Waals surface area contributed by atoms with Gasteiger partial charge in [0.2, 0.25) is 11.8 Å². The lowest BCUT2D eigenvalue weighted by atomic mass is 9.96. The second-order valence-electron chi connectivity index (χ2n) is 16.2. The molecule has 1 atom stereocenters. The maximum absolute atomic E-state index is 13.2. The highest BCUT2D eigenvalue weighted by molar-refractivity contribution is 6.05. The number of piperidine rings is 2. The van der Waals surface area contributed by atoms with Crippen LogP contribution in [0.1, 0.15) is 53.6 Å². The summed E-state index contributed by atoms with van der Waals surface area (Å²) in [5.74, 6) is 0.765. The molecule has 5 aliphatic rings. The number of carbonyl (C=O) groups excluding carboxylic acids is 3. The van der Waals surface area contributed by atoms with Crippen molar-refractivity contribution in [2.24, 2.45) is 7.05 Å². The molecule has 1 N–H and O–H groups in total. The minimum atomic E-state index is -0.603. The summed E-state index contributed by atoms with van der Waals surface area (Å²) < 4.78 is 13.7. The number of pyridine rings is 1. The van der Waals surface area contributed by atoms with Crippen molar-refractivity contribution in [2.75, 3.05) is 76.4 Å². The molecule has 1 unspecified atom stereocenters. The first kappa shape index (κ1) is 37.2. The van der Waals surface area contributed by atoms with Gasteiger partial charge in [0.15, 0.2) is 0 Å². The number of amides is 3. The summed E-state index contributed by atoms with van der Waals surface area (Å²) in [6.45, 7) is 8.92. The Kier molecular flexibility index (Phi) is 9.90. The van der Waals surface area contributed by atoms with Crippen molar-refractivity contribution < 1.29 is 23.9 Å². The molecule has 13 heteroatoms. The molecular formula is C44H51N7O6. The second kappa shape index (κ2) is 15.2. The molecule has 0 saturated carbocycles. The summed E-state index contributed by atoms with van der Waals surface area (Å²) in [6, 6.07) is 16.3. The van der Waals surface area contributed by atoms with Crippen LogP contribution in [0.5, 0.6) is 11.5 Å². The number of aromatic nitrogens is 1. The number of rotatable bonds is 9. The number of piperazine rings is 1. The molecule has 13 nitrogen and oxygen atoms in total. The molecule has 4 fully saturated rings. The van der Waals surface area contributed by atoms with E-state index in [-0.39, 0.29) is 29.7 Å². The maximum Gasteiger partial charge on any atom is 0.258 e. The number of carbonyl (C=O) groups is 3. The Morgan fingerprint density at radius 3 is 2.09 bits per heavy atom. The van der Waals surface area contributed by atoms with E-state index in [4.69, 9.17) is 9.47 Å². The van der Waals surface area contributed by atoms with Crippen LogP contribution >= 0.6 is 0 Å². The standard InChI is InChI=1S/C44H51N7O6/c1-46-26-36(35-24-32(48-13-4-14-48)6-8-34(35)43(46)54)28-22-39(56-2)37(40(23-28)57-3)27-47-15-11-30(12-16-47)49-17-19-50(20-18-49)31-5-7-33-29(21-31)25-51(44(33)55)38-9-10-41(52)45-42(38)53/h5-8,21-24,26,30,38H,4,9-20,25,27H2,1-3H3,(H,45,52,53). The quantitative estimate of drug-likeness (QED) is 0.251. The van der Waals surface area contributed by atoms with Crippen LogP contribution in [0.15, 0.2) is 59.5 Å². The molecule has 0 radical (unpaired) electrons. The predicted molar refractivity (Wildman–Crippen MR) is 219 cm³/mol. The smallest absolute Gasteiger partial charge is 0.258 e. The number of benzene rings is 3. The predicted octanol–water partition coefficient (Wildman–Crippen LogP) is 3.98. The number of fused-ring (bicyclic) bond motifs is 2. The number of aryl methyl sites for hydroxylation is 1. The SMILES string of the molecule is COc1cc(-c2cn(C)c(=O)c3ccc(N4CCC4)cc23)cc(OC)c1CN1CCC(N2CCN(c3ccc4c(c3)CN(C3CCC(=O)NC3=O)C4=O)CC2)CC1. The van der Waals surface area contributed by atoms with E-state index in [1.807, 2.05) is 24.4 Å². The van der Waals surface area contributed by atoms with Gasteiger partial charge in [-0.15, -0.1) is 0 Å². The molecule has 0 bridgehead atoms. The number of imide groups is 1. The van der Waals surface area contributed by atoms with Crippen molar-refractivity contribution in [1.82, 2.24) is 24.6 Å².